The molecule has 6 nitrogen and oxygen atoms in total. The number of nitrogens with one attached hydrogen (secondary N) is 1. The van der Waals surface area contributed by atoms with E-state index >= 15 is 0 Å². The number of carbonyl (C=O) groups excluding carboxylic acids is 1. The molecular weight excluding hydrogens is 342 g/mol. The summed E-state index contributed by atoms with van der Waals surface area (Å²) in [6, 6.07) is 19.1. The number of H-pyrrole nitrogens is 1. The van der Waals surface area contributed by atoms with Gasteiger partial charge in [-0.3, -0.25) is 4.79 Å². The van der Waals surface area contributed by atoms with E-state index in [2.05, 4.69) is 10.1 Å². The monoisotopic (exact) mass is 361 g/mol. The number of benzene rings is 2. The summed E-state index contributed by atoms with van der Waals surface area (Å²) in [5.41, 5.74) is 3.14. The molecule has 2 aromatic heterocycles. The number of hydrogen-bond donors (Lipinski definition) is 1. The third-order valence-electron chi connectivity index (χ3n) is 4.43. The number of rotatable bonds is 5. The van der Waals surface area contributed by atoms with Crippen LogP contribution in [0.15, 0.2) is 65.2 Å². The molecule has 27 heavy (non-hydrogen) atoms. The van der Waals surface area contributed by atoms with Crippen LogP contribution in [0.4, 0.5) is 0 Å². The zero-order valence-electron chi connectivity index (χ0n) is 15.1. The summed E-state index contributed by atoms with van der Waals surface area (Å²) in [7, 11) is 3.36. The Morgan fingerprint density at radius 1 is 1.15 bits per heavy atom. The third-order valence-corrected chi connectivity index (χ3v) is 4.43. The molecule has 2 aromatic carbocycles. The Balaban J connectivity index is 1.50. The number of carbonyl (C=O) groups is 1. The molecule has 1 amide bonds. The average Bonchev–Trinajstić information content (AvgIpc) is 3.34. The van der Waals surface area contributed by atoms with Gasteiger partial charge in [-0.25, -0.2) is 0 Å². The number of fused-ring (bicyclic) bond motifs is 1. The molecule has 6 heteroatoms. The van der Waals surface area contributed by atoms with Crippen molar-refractivity contribution in [2.75, 3.05) is 14.2 Å². The lowest BCUT2D eigenvalue weighted by atomic mass is 10.1. The topological polar surface area (TPSA) is 71.4 Å². The average molecular weight is 361 g/mol. The van der Waals surface area contributed by atoms with E-state index in [4.69, 9.17) is 9.26 Å². The van der Waals surface area contributed by atoms with Gasteiger partial charge >= 0.3 is 0 Å². The minimum Gasteiger partial charge on any atom is -0.497 e. The predicted molar refractivity (Wildman–Crippen MR) is 103 cm³/mol. The van der Waals surface area contributed by atoms with Crippen LogP contribution in [-0.4, -0.2) is 35.1 Å². The first-order valence-corrected chi connectivity index (χ1v) is 8.57. The highest BCUT2D eigenvalue weighted by atomic mass is 16.5. The van der Waals surface area contributed by atoms with E-state index in [0.29, 0.717) is 18.0 Å². The molecule has 1 N–H and O–H groups in total. The molecule has 0 aliphatic rings. The molecule has 0 atom stereocenters. The molecule has 0 unspecified atom stereocenters. The Morgan fingerprint density at radius 2 is 1.96 bits per heavy atom. The van der Waals surface area contributed by atoms with Crippen LogP contribution >= 0.6 is 0 Å². The summed E-state index contributed by atoms with van der Waals surface area (Å²) in [5.74, 6) is 1.26. The summed E-state index contributed by atoms with van der Waals surface area (Å²) in [5, 5.41) is 5.02. The van der Waals surface area contributed by atoms with Crippen molar-refractivity contribution < 1.29 is 14.1 Å². The van der Waals surface area contributed by atoms with Gasteiger partial charge in [-0.1, -0.05) is 35.5 Å². The number of aromatic amines is 1. The fourth-order valence-corrected chi connectivity index (χ4v) is 3.00. The van der Waals surface area contributed by atoms with E-state index in [-0.39, 0.29) is 5.91 Å². The van der Waals surface area contributed by atoms with Crippen molar-refractivity contribution >= 4 is 16.8 Å². The molecule has 2 heterocycles. The van der Waals surface area contributed by atoms with Gasteiger partial charge in [0.15, 0.2) is 5.76 Å². The Morgan fingerprint density at radius 3 is 2.74 bits per heavy atom. The highest BCUT2D eigenvalue weighted by molar-refractivity contribution is 5.98. The van der Waals surface area contributed by atoms with Gasteiger partial charge in [0, 0.05) is 29.6 Å². The van der Waals surface area contributed by atoms with E-state index in [1.165, 1.54) is 0 Å². The van der Waals surface area contributed by atoms with Crippen molar-refractivity contribution in [2.45, 2.75) is 6.54 Å². The van der Waals surface area contributed by atoms with Gasteiger partial charge in [0.25, 0.3) is 5.91 Å². The second-order valence-electron chi connectivity index (χ2n) is 6.34. The summed E-state index contributed by atoms with van der Waals surface area (Å²) in [6.45, 7) is 0.331. The molecule has 0 fully saturated rings. The van der Waals surface area contributed by atoms with Crippen LogP contribution in [0.1, 0.15) is 16.2 Å². The molecule has 4 rings (SSSR count). The van der Waals surface area contributed by atoms with Gasteiger partial charge in [-0.05, 0) is 24.3 Å². The second-order valence-corrected chi connectivity index (χ2v) is 6.34. The summed E-state index contributed by atoms with van der Waals surface area (Å²) < 4.78 is 10.6. The van der Waals surface area contributed by atoms with E-state index < -0.39 is 0 Å². The molecule has 0 aliphatic heterocycles. The van der Waals surface area contributed by atoms with Gasteiger partial charge in [-0.2, -0.15) is 0 Å². The molecule has 0 saturated heterocycles. The van der Waals surface area contributed by atoms with Crippen LogP contribution in [0.25, 0.3) is 22.2 Å². The van der Waals surface area contributed by atoms with Gasteiger partial charge in [0.05, 0.1) is 13.7 Å². The normalized spacial score (nSPS) is 10.9. The standard InChI is InChI=1S/C21H19N3O3/c1-24(13-17-12-19(23-27-17)14-6-4-3-5-7-14)21(25)20-11-15-10-16(26-2)8-9-18(15)22-20/h3-12,22H,13H2,1-2H3. The lowest BCUT2D eigenvalue weighted by Crippen LogP contribution is -2.26. The fraction of sp³-hybridized carbons (Fsp3) is 0.143. The van der Waals surface area contributed by atoms with Gasteiger partial charge in [-0.15, -0.1) is 0 Å². The van der Waals surface area contributed by atoms with Crippen LogP contribution in [0, 0.1) is 0 Å². The molecule has 0 spiro atoms. The Hall–Kier alpha value is -3.54. The lowest BCUT2D eigenvalue weighted by Gasteiger charge is -2.13. The fourth-order valence-electron chi connectivity index (χ4n) is 3.00. The van der Waals surface area contributed by atoms with Crippen LogP contribution in [0.3, 0.4) is 0 Å². The highest BCUT2D eigenvalue weighted by Crippen LogP contribution is 2.23. The first-order chi connectivity index (χ1) is 13.1. The quantitative estimate of drug-likeness (QED) is 0.581. The largest absolute Gasteiger partial charge is 0.497 e. The number of amides is 1. The molecule has 0 bridgehead atoms. The Bertz CT molecular complexity index is 1080. The predicted octanol–water partition coefficient (Wildman–Crippen LogP) is 4.10. The first-order valence-electron chi connectivity index (χ1n) is 8.57. The van der Waals surface area contributed by atoms with Gasteiger partial charge in [0.1, 0.15) is 17.1 Å². The maximum absolute atomic E-state index is 12.8. The smallest absolute Gasteiger partial charge is 0.270 e. The first kappa shape index (κ1) is 16.9. The number of ether oxygens (including phenoxy) is 1. The zero-order valence-corrected chi connectivity index (χ0v) is 15.1. The molecule has 4 aromatic rings. The summed E-state index contributed by atoms with van der Waals surface area (Å²) >= 11 is 0. The van der Waals surface area contributed by atoms with Gasteiger partial charge < -0.3 is 19.1 Å². The van der Waals surface area contributed by atoms with E-state index in [9.17, 15) is 4.79 Å². The number of methoxy groups -OCH3 is 1. The molecule has 0 aliphatic carbocycles. The summed E-state index contributed by atoms with van der Waals surface area (Å²) in [4.78, 5) is 17.5. The zero-order chi connectivity index (χ0) is 18.8. The van der Waals surface area contributed by atoms with Crippen molar-refractivity contribution in [1.29, 1.82) is 0 Å². The number of nitrogens with zero attached hydrogens (tertiary/aromatic N) is 2. The lowest BCUT2D eigenvalue weighted by molar-refractivity contribution is 0.0767. The number of hydrogen-bond acceptors (Lipinski definition) is 4. The SMILES string of the molecule is COc1ccc2[nH]c(C(=O)N(C)Cc3cc(-c4ccccc4)no3)cc2c1. The van der Waals surface area contributed by atoms with E-state index in [0.717, 1.165) is 27.9 Å². The maximum atomic E-state index is 12.8. The maximum Gasteiger partial charge on any atom is 0.270 e. The molecule has 0 radical (unpaired) electrons. The van der Waals surface area contributed by atoms with E-state index in [1.807, 2.05) is 60.7 Å². The third kappa shape index (κ3) is 3.42. The van der Waals surface area contributed by atoms with Crippen LogP contribution < -0.4 is 4.74 Å². The van der Waals surface area contributed by atoms with Crippen molar-refractivity contribution in [1.82, 2.24) is 15.0 Å². The highest BCUT2D eigenvalue weighted by Gasteiger charge is 2.17. The number of aromatic nitrogens is 2. The van der Waals surface area contributed by atoms with Crippen LogP contribution in [0.2, 0.25) is 0 Å². The van der Waals surface area contributed by atoms with Crippen molar-refractivity contribution in [3.63, 3.8) is 0 Å². The Labute approximate surface area is 156 Å². The second kappa shape index (κ2) is 6.99. The van der Waals surface area contributed by atoms with Crippen molar-refractivity contribution in [2.24, 2.45) is 0 Å². The minimum absolute atomic E-state index is 0.122. The van der Waals surface area contributed by atoms with Gasteiger partial charge in [0.2, 0.25) is 0 Å². The summed E-state index contributed by atoms with van der Waals surface area (Å²) in [6.07, 6.45) is 0. The van der Waals surface area contributed by atoms with Crippen molar-refractivity contribution in [3.8, 4) is 17.0 Å². The molecule has 0 saturated carbocycles. The minimum atomic E-state index is -0.122. The molecular formula is C21H19N3O3. The molecule has 136 valence electrons. The van der Waals surface area contributed by atoms with Crippen molar-refractivity contribution in [3.05, 3.63) is 72.1 Å². The van der Waals surface area contributed by atoms with Crippen LogP contribution in [0.5, 0.6) is 5.75 Å². The van der Waals surface area contributed by atoms with Crippen LogP contribution in [-0.2, 0) is 6.54 Å². The Kier molecular flexibility index (Phi) is 4.38. The van der Waals surface area contributed by atoms with E-state index in [1.54, 1.807) is 19.1 Å².